The minimum atomic E-state index is -3.09. The highest BCUT2D eigenvalue weighted by Crippen LogP contribution is 2.22. The summed E-state index contributed by atoms with van der Waals surface area (Å²) in [5.74, 6) is -0.510. The number of benzene rings is 1. The second-order valence-corrected chi connectivity index (χ2v) is 8.61. The molecule has 1 unspecified atom stereocenters. The molecule has 0 spiro atoms. The zero-order chi connectivity index (χ0) is 18.2. The van der Waals surface area contributed by atoms with E-state index in [1.165, 1.54) is 6.07 Å². The number of carbonyl (C=O) groups is 1. The summed E-state index contributed by atoms with van der Waals surface area (Å²) < 4.78 is 23.0. The van der Waals surface area contributed by atoms with Crippen LogP contribution in [0.25, 0.3) is 11.3 Å². The third-order valence-electron chi connectivity index (χ3n) is 4.23. The Morgan fingerprint density at radius 3 is 2.72 bits per heavy atom. The van der Waals surface area contributed by atoms with Crippen molar-refractivity contribution in [2.75, 3.05) is 11.5 Å². The van der Waals surface area contributed by atoms with E-state index in [4.69, 9.17) is 0 Å². The van der Waals surface area contributed by atoms with Crippen LogP contribution in [0.5, 0.6) is 0 Å². The highest BCUT2D eigenvalue weighted by atomic mass is 32.2. The third-order valence-corrected chi connectivity index (χ3v) is 5.99. The average molecular weight is 361 g/mol. The maximum absolute atomic E-state index is 12.4. The minimum absolute atomic E-state index is 0.0680. The predicted molar refractivity (Wildman–Crippen MR) is 94.3 cm³/mol. The molecular weight excluding hydrogens is 342 g/mol. The third kappa shape index (κ3) is 3.96. The van der Waals surface area contributed by atoms with E-state index in [2.05, 4.69) is 15.3 Å². The van der Waals surface area contributed by atoms with Crippen molar-refractivity contribution < 1.29 is 13.2 Å². The lowest BCUT2D eigenvalue weighted by Gasteiger charge is -2.12. The summed E-state index contributed by atoms with van der Waals surface area (Å²) in [4.78, 5) is 30.7. The molecule has 25 heavy (non-hydrogen) atoms. The molecule has 1 amide bonds. The molecule has 1 atom stereocenters. The molecular formula is C17H19N3O4S. The first-order valence-corrected chi connectivity index (χ1v) is 9.76. The number of aryl methyl sites for hydroxylation is 2. The van der Waals surface area contributed by atoms with E-state index in [0.717, 1.165) is 16.7 Å². The first-order valence-electron chi connectivity index (χ1n) is 7.94. The fourth-order valence-electron chi connectivity index (χ4n) is 2.90. The molecule has 1 saturated heterocycles. The van der Waals surface area contributed by atoms with Gasteiger partial charge in [-0.3, -0.25) is 4.79 Å². The zero-order valence-corrected chi connectivity index (χ0v) is 14.8. The van der Waals surface area contributed by atoms with Gasteiger partial charge in [-0.1, -0.05) is 17.7 Å². The van der Waals surface area contributed by atoms with Crippen molar-refractivity contribution in [3.63, 3.8) is 0 Å². The number of H-pyrrole nitrogens is 1. The summed E-state index contributed by atoms with van der Waals surface area (Å²) in [5, 5.41) is 2.67. The molecule has 3 rings (SSSR count). The molecule has 1 fully saturated rings. The van der Waals surface area contributed by atoms with Gasteiger partial charge in [0.2, 0.25) is 0 Å². The molecule has 0 bridgehead atoms. The molecule has 2 N–H and O–H groups in total. The highest BCUT2D eigenvalue weighted by molar-refractivity contribution is 7.91. The summed E-state index contributed by atoms with van der Waals surface area (Å²) in [5.41, 5.74) is 2.60. The summed E-state index contributed by atoms with van der Waals surface area (Å²) in [6.45, 7) is 3.84. The van der Waals surface area contributed by atoms with Crippen LogP contribution >= 0.6 is 0 Å². The first-order chi connectivity index (χ1) is 11.7. The number of rotatable bonds is 3. The van der Waals surface area contributed by atoms with E-state index in [1.807, 2.05) is 32.0 Å². The van der Waals surface area contributed by atoms with Crippen molar-refractivity contribution >= 4 is 15.7 Å². The van der Waals surface area contributed by atoms with Gasteiger partial charge in [0.15, 0.2) is 9.84 Å². The Balaban J connectivity index is 1.90. The molecule has 1 aliphatic heterocycles. The van der Waals surface area contributed by atoms with E-state index < -0.39 is 27.5 Å². The van der Waals surface area contributed by atoms with Crippen molar-refractivity contribution in [1.29, 1.82) is 0 Å². The maximum Gasteiger partial charge on any atom is 0.346 e. The van der Waals surface area contributed by atoms with E-state index in [1.54, 1.807) is 0 Å². The Kier molecular flexibility index (Phi) is 4.47. The van der Waals surface area contributed by atoms with E-state index in [-0.39, 0.29) is 17.2 Å². The SMILES string of the molecule is Cc1ccc(C)c(-c2cc(C(=O)NC3CCS(=O)(=O)C3)[nH]c(=O)n2)c1. The number of sulfone groups is 1. The van der Waals surface area contributed by atoms with Gasteiger partial charge in [-0.05, 0) is 38.0 Å². The number of hydrogen-bond acceptors (Lipinski definition) is 5. The monoisotopic (exact) mass is 361 g/mol. The topological polar surface area (TPSA) is 109 Å². The van der Waals surface area contributed by atoms with E-state index in [0.29, 0.717) is 12.1 Å². The molecule has 7 nitrogen and oxygen atoms in total. The van der Waals surface area contributed by atoms with Gasteiger partial charge in [-0.25, -0.2) is 13.2 Å². The number of nitrogens with zero attached hydrogens (tertiary/aromatic N) is 1. The summed E-state index contributed by atoms with van der Waals surface area (Å²) >= 11 is 0. The van der Waals surface area contributed by atoms with Gasteiger partial charge in [0.25, 0.3) is 5.91 Å². The van der Waals surface area contributed by atoms with Crippen LogP contribution in [0.2, 0.25) is 0 Å². The Hall–Kier alpha value is -2.48. The van der Waals surface area contributed by atoms with Gasteiger partial charge in [-0.15, -0.1) is 0 Å². The normalized spacial score (nSPS) is 18.9. The molecule has 0 saturated carbocycles. The zero-order valence-electron chi connectivity index (χ0n) is 14.0. The Labute approximate surface area is 145 Å². The van der Waals surface area contributed by atoms with Crippen molar-refractivity contribution in [1.82, 2.24) is 15.3 Å². The van der Waals surface area contributed by atoms with Crippen LogP contribution in [0.3, 0.4) is 0 Å². The molecule has 1 aromatic carbocycles. The maximum atomic E-state index is 12.4. The molecule has 2 aromatic rings. The van der Waals surface area contributed by atoms with Crippen LogP contribution in [-0.4, -0.2) is 41.8 Å². The van der Waals surface area contributed by atoms with Crippen LogP contribution in [0.4, 0.5) is 0 Å². The second-order valence-electron chi connectivity index (χ2n) is 6.38. The highest BCUT2D eigenvalue weighted by Gasteiger charge is 2.29. The van der Waals surface area contributed by atoms with Crippen molar-refractivity contribution in [3.05, 3.63) is 51.6 Å². The minimum Gasteiger partial charge on any atom is -0.347 e. The average Bonchev–Trinajstić information content (AvgIpc) is 2.87. The van der Waals surface area contributed by atoms with Crippen LogP contribution in [0.15, 0.2) is 29.1 Å². The molecule has 1 aromatic heterocycles. The van der Waals surface area contributed by atoms with Crippen LogP contribution in [0, 0.1) is 13.8 Å². The van der Waals surface area contributed by atoms with Gasteiger partial charge in [-0.2, -0.15) is 4.98 Å². The van der Waals surface area contributed by atoms with Gasteiger partial charge < -0.3 is 10.3 Å². The molecule has 1 aliphatic rings. The van der Waals surface area contributed by atoms with Crippen molar-refractivity contribution in [2.45, 2.75) is 26.3 Å². The smallest absolute Gasteiger partial charge is 0.346 e. The van der Waals surface area contributed by atoms with Crippen LogP contribution in [0.1, 0.15) is 28.0 Å². The van der Waals surface area contributed by atoms with Gasteiger partial charge in [0, 0.05) is 11.6 Å². The number of aromatic nitrogens is 2. The molecule has 8 heteroatoms. The lowest BCUT2D eigenvalue weighted by Crippen LogP contribution is -2.37. The van der Waals surface area contributed by atoms with Crippen LogP contribution in [-0.2, 0) is 9.84 Å². The Bertz CT molecular complexity index is 995. The summed E-state index contributed by atoms with van der Waals surface area (Å²) in [6, 6.07) is 6.87. The van der Waals surface area contributed by atoms with Crippen molar-refractivity contribution in [2.24, 2.45) is 0 Å². The lowest BCUT2D eigenvalue weighted by molar-refractivity contribution is 0.0935. The molecule has 0 radical (unpaired) electrons. The van der Waals surface area contributed by atoms with E-state index in [9.17, 15) is 18.0 Å². The standard InChI is InChI=1S/C17H19N3O4S/c1-10-3-4-11(2)13(7-10)14-8-15(20-17(22)19-14)16(21)18-12-5-6-25(23,24)9-12/h3-4,7-8,12H,5-6,9H2,1-2H3,(H,18,21)(H,19,20,22). The number of nitrogens with one attached hydrogen (secondary N) is 2. The molecule has 0 aliphatic carbocycles. The van der Waals surface area contributed by atoms with E-state index >= 15 is 0 Å². The molecule has 2 heterocycles. The Morgan fingerprint density at radius 2 is 2.04 bits per heavy atom. The predicted octanol–water partition coefficient (Wildman–Crippen LogP) is 0.971. The van der Waals surface area contributed by atoms with Gasteiger partial charge >= 0.3 is 5.69 Å². The Morgan fingerprint density at radius 1 is 1.28 bits per heavy atom. The number of amides is 1. The summed E-state index contributed by atoms with van der Waals surface area (Å²) in [6.07, 6.45) is 0.382. The van der Waals surface area contributed by atoms with Gasteiger partial charge in [0.1, 0.15) is 5.69 Å². The number of aromatic amines is 1. The number of carbonyl (C=O) groups excluding carboxylic acids is 1. The number of hydrogen-bond donors (Lipinski definition) is 2. The molecule has 132 valence electrons. The fraction of sp³-hybridized carbons (Fsp3) is 0.353. The quantitative estimate of drug-likeness (QED) is 0.847. The second kappa shape index (κ2) is 6.44. The lowest BCUT2D eigenvalue weighted by atomic mass is 10.0. The fourth-order valence-corrected chi connectivity index (χ4v) is 4.58. The van der Waals surface area contributed by atoms with Gasteiger partial charge in [0.05, 0.1) is 17.2 Å². The first kappa shape index (κ1) is 17.3. The van der Waals surface area contributed by atoms with Crippen LogP contribution < -0.4 is 11.0 Å². The summed E-state index contributed by atoms with van der Waals surface area (Å²) in [7, 11) is -3.09. The van der Waals surface area contributed by atoms with Crippen molar-refractivity contribution in [3.8, 4) is 11.3 Å². The largest absolute Gasteiger partial charge is 0.347 e.